The maximum atomic E-state index is 4.65. The van der Waals surface area contributed by atoms with Gasteiger partial charge in [0.05, 0.1) is 11.9 Å². The summed E-state index contributed by atoms with van der Waals surface area (Å²) in [6.45, 7) is 6.24. The van der Waals surface area contributed by atoms with Gasteiger partial charge in [-0.3, -0.25) is 4.90 Å². The molecule has 1 unspecified atom stereocenters. The van der Waals surface area contributed by atoms with Gasteiger partial charge in [0.15, 0.2) is 0 Å². The molecule has 27 heavy (non-hydrogen) atoms. The van der Waals surface area contributed by atoms with Gasteiger partial charge in [0, 0.05) is 25.2 Å². The monoisotopic (exact) mass is 359 g/mol. The Morgan fingerprint density at radius 2 is 1.89 bits per heavy atom. The molecule has 138 valence electrons. The van der Waals surface area contributed by atoms with E-state index in [9.17, 15) is 0 Å². The van der Waals surface area contributed by atoms with Gasteiger partial charge in [-0.1, -0.05) is 54.6 Å². The zero-order valence-electron chi connectivity index (χ0n) is 15.7. The quantitative estimate of drug-likeness (QED) is 0.726. The first-order valence-corrected chi connectivity index (χ1v) is 9.54. The van der Waals surface area contributed by atoms with Crippen LogP contribution in [0.15, 0.2) is 60.8 Å². The summed E-state index contributed by atoms with van der Waals surface area (Å²) in [5.41, 5.74) is 4.54. The summed E-state index contributed by atoms with van der Waals surface area (Å²) in [6, 6.07) is 18.9. The molecule has 2 heterocycles. The highest BCUT2D eigenvalue weighted by Crippen LogP contribution is 2.22. The van der Waals surface area contributed by atoms with E-state index in [-0.39, 0.29) is 0 Å². The van der Waals surface area contributed by atoms with Crippen LogP contribution in [0.1, 0.15) is 17.5 Å². The van der Waals surface area contributed by atoms with E-state index in [1.807, 2.05) is 12.1 Å². The zero-order valence-corrected chi connectivity index (χ0v) is 15.7. The first kappa shape index (κ1) is 17.6. The van der Waals surface area contributed by atoms with Gasteiger partial charge in [-0.05, 0) is 36.9 Å². The van der Waals surface area contributed by atoms with Crippen molar-refractivity contribution in [2.75, 3.05) is 25.0 Å². The van der Waals surface area contributed by atoms with Crippen LogP contribution in [-0.4, -0.2) is 39.7 Å². The van der Waals surface area contributed by atoms with Crippen LogP contribution in [0.3, 0.4) is 0 Å². The van der Waals surface area contributed by atoms with E-state index in [4.69, 9.17) is 0 Å². The Morgan fingerprint density at radius 1 is 1.07 bits per heavy atom. The molecule has 0 aliphatic carbocycles. The molecular formula is C22H25N5. The average Bonchev–Trinajstić information content (AvgIpc) is 3.15. The number of nitrogens with one attached hydrogen (secondary N) is 1. The minimum Gasteiger partial charge on any atom is -0.353 e. The molecule has 2 aromatic carbocycles. The van der Waals surface area contributed by atoms with Crippen molar-refractivity contribution in [1.29, 1.82) is 0 Å². The predicted molar refractivity (Wildman–Crippen MR) is 108 cm³/mol. The van der Waals surface area contributed by atoms with Crippen molar-refractivity contribution >= 4 is 5.95 Å². The van der Waals surface area contributed by atoms with Gasteiger partial charge >= 0.3 is 0 Å². The molecular weight excluding hydrogens is 334 g/mol. The third-order valence-electron chi connectivity index (χ3n) is 5.15. The fourth-order valence-electron chi connectivity index (χ4n) is 3.67. The first-order valence-electron chi connectivity index (χ1n) is 9.54. The number of hydrogen-bond acceptors (Lipinski definition) is 5. The summed E-state index contributed by atoms with van der Waals surface area (Å²) in [4.78, 5) is 7.17. The maximum Gasteiger partial charge on any atom is 0.243 e. The molecule has 1 aromatic heterocycles. The number of benzene rings is 2. The lowest BCUT2D eigenvalue weighted by Crippen LogP contribution is -2.23. The molecule has 1 saturated heterocycles. The van der Waals surface area contributed by atoms with Crippen molar-refractivity contribution < 1.29 is 0 Å². The minimum absolute atomic E-state index is 0.609. The lowest BCUT2D eigenvalue weighted by molar-refractivity contribution is 0.319. The fourth-order valence-corrected chi connectivity index (χ4v) is 3.67. The van der Waals surface area contributed by atoms with Gasteiger partial charge in [-0.15, -0.1) is 5.10 Å². The van der Waals surface area contributed by atoms with Gasteiger partial charge in [-0.2, -0.15) is 5.10 Å². The predicted octanol–water partition coefficient (Wildman–Crippen LogP) is 3.78. The molecule has 4 rings (SSSR count). The van der Waals surface area contributed by atoms with Crippen LogP contribution in [0, 0.1) is 12.8 Å². The normalized spacial score (nSPS) is 17.1. The number of aromatic nitrogens is 3. The molecule has 3 aromatic rings. The molecule has 0 spiro atoms. The van der Waals surface area contributed by atoms with E-state index in [1.165, 1.54) is 17.5 Å². The van der Waals surface area contributed by atoms with Crippen molar-refractivity contribution in [3.63, 3.8) is 0 Å². The molecule has 1 aliphatic heterocycles. The molecule has 1 fully saturated rings. The maximum absolute atomic E-state index is 4.65. The lowest BCUT2D eigenvalue weighted by atomic mass is 10.1. The van der Waals surface area contributed by atoms with Crippen LogP contribution in [-0.2, 0) is 6.54 Å². The van der Waals surface area contributed by atoms with E-state index in [0.29, 0.717) is 11.9 Å². The van der Waals surface area contributed by atoms with E-state index in [1.54, 1.807) is 6.20 Å². The SMILES string of the molecule is Cc1ccccc1-c1cnnc(NCC2CCN(Cc3ccccc3)C2)n1. The molecule has 1 atom stereocenters. The molecule has 5 nitrogen and oxygen atoms in total. The summed E-state index contributed by atoms with van der Waals surface area (Å²) in [7, 11) is 0. The number of rotatable bonds is 6. The summed E-state index contributed by atoms with van der Waals surface area (Å²) in [5.74, 6) is 1.22. The van der Waals surface area contributed by atoms with E-state index < -0.39 is 0 Å². The van der Waals surface area contributed by atoms with Crippen LogP contribution in [0.25, 0.3) is 11.3 Å². The fraction of sp³-hybridized carbons (Fsp3) is 0.318. The van der Waals surface area contributed by atoms with Crippen molar-refractivity contribution in [1.82, 2.24) is 20.1 Å². The highest BCUT2D eigenvalue weighted by molar-refractivity contribution is 5.63. The number of nitrogens with zero attached hydrogens (tertiary/aromatic N) is 4. The molecule has 0 amide bonds. The van der Waals surface area contributed by atoms with E-state index in [2.05, 4.69) is 74.8 Å². The molecule has 0 bridgehead atoms. The Morgan fingerprint density at radius 3 is 2.74 bits per heavy atom. The molecule has 0 radical (unpaired) electrons. The zero-order chi connectivity index (χ0) is 18.5. The highest BCUT2D eigenvalue weighted by Gasteiger charge is 2.22. The van der Waals surface area contributed by atoms with Crippen molar-refractivity contribution in [3.8, 4) is 11.3 Å². The Labute approximate surface area is 160 Å². The summed E-state index contributed by atoms with van der Waals surface area (Å²) < 4.78 is 0. The number of hydrogen-bond donors (Lipinski definition) is 1. The lowest BCUT2D eigenvalue weighted by Gasteiger charge is -2.16. The first-order chi connectivity index (χ1) is 13.3. The third kappa shape index (κ3) is 4.49. The number of anilines is 1. The summed E-state index contributed by atoms with van der Waals surface area (Å²) in [5, 5.41) is 11.7. The highest BCUT2D eigenvalue weighted by atomic mass is 15.2. The van der Waals surface area contributed by atoms with E-state index >= 15 is 0 Å². The topological polar surface area (TPSA) is 53.9 Å². The Kier molecular flexibility index (Phi) is 5.39. The number of likely N-dealkylation sites (tertiary alicyclic amines) is 1. The van der Waals surface area contributed by atoms with Crippen LogP contribution in [0.2, 0.25) is 0 Å². The minimum atomic E-state index is 0.609. The Balaban J connectivity index is 1.33. The largest absolute Gasteiger partial charge is 0.353 e. The average molecular weight is 359 g/mol. The second-order valence-electron chi connectivity index (χ2n) is 7.24. The van der Waals surface area contributed by atoms with Crippen LogP contribution in [0.4, 0.5) is 5.95 Å². The van der Waals surface area contributed by atoms with Crippen molar-refractivity contribution in [3.05, 3.63) is 71.9 Å². The van der Waals surface area contributed by atoms with Gasteiger partial charge in [0.2, 0.25) is 5.95 Å². The second-order valence-corrected chi connectivity index (χ2v) is 7.24. The Bertz CT molecular complexity index is 881. The van der Waals surface area contributed by atoms with Crippen LogP contribution >= 0.6 is 0 Å². The summed E-state index contributed by atoms with van der Waals surface area (Å²) >= 11 is 0. The smallest absolute Gasteiger partial charge is 0.243 e. The molecule has 0 saturated carbocycles. The Hall–Kier alpha value is -2.79. The second kappa shape index (κ2) is 8.27. The van der Waals surface area contributed by atoms with Gasteiger partial charge in [0.1, 0.15) is 0 Å². The molecule has 1 aliphatic rings. The standard InChI is InChI=1S/C22H25N5/c1-17-7-5-6-10-20(17)21-14-24-26-22(25-21)23-13-19-11-12-27(16-19)15-18-8-3-2-4-9-18/h2-10,14,19H,11-13,15-16H2,1H3,(H,23,25,26). The van der Waals surface area contributed by atoms with E-state index in [0.717, 1.165) is 37.4 Å². The number of aryl methyl sites for hydroxylation is 1. The van der Waals surface area contributed by atoms with Crippen molar-refractivity contribution in [2.24, 2.45) is 5.92 Å². The molecule has 5 heteroatoms. The third-order valence-corrected chi connectivity index (χ3v) is 5.15. The van der Waals surface area contributed by atoms with Gasteiger partial charge in [0.25, 0.3) is 0 Å². The summed E-state index contributed by atoms with van der Waals surface area (Å²) in [6.07, 6.45) is 2.93. The van der Waals surface area contributed by atoms with Crippen LogP contribution in [0.5, 0.6) is 0 Å². The van der Waals surface area contributed by atoms with Gasteiger partial charge in [-0.25, -0.2) is 4.98 Å². The van der Waals surface area contributed by atoms with Crippen molar-refractivity contribution in [2.45, 2.75) is 19.9 Å². The van der Waals surface area contributed by atoms with Gasteiger partial charge < -0.3 is 5.32 Å². The molecule has 1 N–H and O–H groups in total. The van der Waals surface area contributed by atoms with Crippen LogP contribution < -0.4 is 5.32 Å².